The Morgan fingerprint density at radius 3 is 2.50 bits per heavy atom. The van der Waals surface area contributed by atoms with Gasteiger partial charge >= 0.3 is 5.69 Å². The first-order valence-corrected chi connectivity index (χ1v) is 11.7. The highest BCUT2D eigenvalue weighted by Crippen LogP contribution is 2.34. The van der Waals surface area contributed by atoms with Crippen LogP contribution in [0.4, 0.5) is 5.69 Å². The lowest BCUT2D eigenvalue weighted by atomic mass is 10.1. The Hall–Kier alpha value is -2.73. The highest BCUT2D eigenvalue weighted by molar-refractivity contribution is 7.89. The zero-order valence-electron chi connectivity index (χ0n) is 16.9. The Labute approximate surface area is 189 Å². The molecule has 0 aromatic heterocycles. The normalized spacial score (nSPS) is 16.3. The van der Waals surface area contributed by atoms with Crippen LogP contribution in [-0.4, -0.2) is 48.0 Å². The topological polar surface area (TPSA) is 139 Å². The number of nitro groups is 1. The average molecular weight is 484 g/mol. The average Bonchev–Trinajstić information content (AvgIpc) is 2.79. The van der Waals surface area contributed by atoms with Gasteiger partial charge in [-0.05, 0) is 30.5 Å². The van der Waals surface area contributed by atoms with Crippen molar-refractivity contribution in [1.29, 1.82) is 0 Å². The maximum Gasteiger partial charge on any atom is 0.312 e. The molecule has 2 aromatic rings. The van der Waals surface area contributed by atoms with Crippen LogP contribution in [0.15, 0.2) is 48.5 Å². The molecular formula is C20H22ClN3O7S. The van der Waals surface area contributed by atoms with E-state index in [1.54, 1.807) is 30.3 Å². The van der Waals surface area contributed by atoms with Gasteiger partial charge in [-0.1, -0.05) is 41.9 Å². The number of benzene rings is 2. The van der Waals surface area contributed by atoms with Crippen LogP contribution in [0.1, 0.15) is 30.1 Å². The van der Waals surface area contributed by atoms with Gasteiger partial charge in [0, 0.05) is 24.2 Å². The molecule has 172 valence electrons. The van der Waals surface area contributed by atoms with Gasteiger partial charge in [0.25, 0.3) is 0 Å². The van der Waals surface area contributed by atoms with Gasteiger partial charge < -0.3 is 4.74 Å². The van der Waals surface area contributed by atoms with Crippen LogP contribution in [0.3, 0.4) is 0 Å². The summed E-state index contributed by atoms with van der Waals surface area (Å²) in [5.41, 5.74) is 1.67. The number of nitrogens with zero attached hydrogens (tertiary/aromatic N) is 2. The molecule has 10 nitrogen and oxygen atoms in total. The standard InChI is InChI=1S/C20H22ClN3O7S/c21-15-6-7-18(17(12-15)24(27)28)31-16-8-10-23(11-9-16)32(29,30)19(13-20(25)22-26)14-4-2-1-3-5-14/h1-7,12,16,19,26H,8-11,13H2,(H,22,25)/t19-/m1/s1. The van der Waals surface area contributed by atoms with E-state index in [1.807, 2.05) is 0 Å². The molecule has 1 aliphatic rings. The Bertz CT molecular complexity index is 1070. The largest absolute Gasteiger partial charge is 0.483 e. The molecule has 1 atom stereocenters. The van der Waals surface area contributed by atoms with Crippen molar-refractivity contribution in [3.63, 3.8) is 0 Å². The Balaban J connectivity index is 1.73. The highest BCUT2D eigenvalue weighted by atomic mass is 35.5. The Morgan fingerprint density at radius 2 is 1.91 bits per heavy atom. The summed E-state index contributed by atoms with van der Waals surface area (Å²) in [6.45, 7) is 0.247. The van der Waals surface area contributed by atoms with Gasteiger partial charge in [-0.15, -0.1) is 0 Å². The molecule has 1 heterocycles. The number of carbonyl (C=O) groups excluding carboxylic acids is 1. The second-order valence-corrected chi connectivity index (χ2v) is 9.82. The Kier molecular flexibility index (Phi) is 7.67. The first-order valence-electron chi connectivity index (χ1n) is 9.80. The lowest BCUT2D eigenvalue weighted by Crippen LogP contribution is -2.44. The quantitative estimate of drug-likeness (QED) is 0.334. The molecule has 1 fully saturated rings. The molecule has 32 heavy (non-hydrogen) atoms. The first-order chi connectivity index (χ1) is 15.2. The maximum absolute atomic E-state index is 13.3. The molecule has 0 bridgehead atoms. The summed E-state index contributed by atoms with van der Waals surface area (Å²) in [6, 6.07) is 12.4. The van der Waals surface area contributed by atoms with Crippen LogP contribution in [0.5, 0.6) is 5.75 Å². The van der Waals surface area contributed by atoms with E-state index in [0.717, 1.165) is 0 Å². The minimum Gasteiger partial charge on any atom is -0.483 e. The fourth-order valence-corrected chi connectivity index (χ4v) is 5.68. The van der Waals surface area contributed by atoms with Gasteiger partial charge in [-0.2, -0.15) is 0 Å². The van der Waals surface area contributed by atoms with Crippen molar-refractivity contribution in [3.8, 4) is 5.75 Å². The number of hydrogen-bond acceptors (Lipinski definition) is 7. The van der Waals surface area contributed by atoms with E-state index < -0.39 is 38.6 Å². The third-order valence-corrected chi connectivity index (χ3v) is 7.68. The van der Waals surface area contributed by atoms with Crippen molar-refractivity contribution in [2.45, 2.75) is 30.6 Å². The summed E-state index contributed by atoms with van der Waals surface area (Å²) in [7, 11) is -3.93. The Morgan fingerprint density at radius 1 is 1.25 bits per heavy atom. The van der Waals surface area contributed by atoms with Crippen molar-refractivity contribution in [3.05, 3.63) is 69.2 Å². The smallest absolute Gasteiger partial charge is 0.312 e. The number of rotatable bonds is 8. The molecule has 3 rings (SSSR count). The molecule has 1 aliphatic heterocycles. The number of sulfonamides is 1. The molecular weight excluding hydrogens is 462 g/mol. The predicted octanol–water partition coefficient (Wildman–Crippen LogP) is 3.06. The van der Waals surface area contributed by atoms with Crippen LogP contribution in [0, 0.1) is 10.1 Å². The monoisotopic (exact) mass is 483 g/mol. The minimum absolute atomic E-state index is 0.0717. The van der Waals surface area contributed by atoms with Crippen molar-refractivity contribution in [2.75, 3.05) is 13.1 Å². The minimum atomic E-state index is -3.93. The number of nitro benzene ring substituents is 1. The summed E-state index contributed by atoms with van der Waals surface area (Å²) < 4.78 is 33.7. The van der Waals surface area contributed by atoms with Crippen molar-refractivity contribution in [2.24, 2.45) is 0 Å². The van der Waals surface area contributed by atoms with Gasteiger partial charge in [0.1, 0.15) is 11.4 Å². The maximum atomic E-state index is 13.3. The summed E-state index contributed by atoms with van der Waals surface area (Å²) >= 11 is 5.82. The zero-order chi connectivity index (χ0) is 23.3. The van der Waals surface area contributed by atoms with E-state index in [0.29, 0.717) is 18.4 Å². The molecule has 0 spiro atoms. The van der Waals surface area contributed by atoms with Crippen LogP contribution >= 0.6 is 11.6 Å². The van der Waals surface area contributed by atoms with E-state index in [-0.39, 0.29) is 29.5 Å². The molecule has 12 heteroatoms. The third-order valence-electron chi connectivity index (χ3n) is 5.20. The summed E-state index contributed by atoms with van der Waals surface area (Å²) in [6.07, 6.45) is -0.229. The van der Waals surface area contributed by atoms with Gasteiger partial charge in [0.2, 0.25) is 15.9 Å². The van der Waals surface area contributed by atoms with E-state index in [4.69, 9.17) is 21.5 Å². The van der Waals surface area contributed by atoms with E-state index in [2.05, 4.69) is 0 Å². The number of hydroxylamine groups is 1. The fraction of sp³-hybridized carbons (Fsp3) is 0.350. The summed E-state index contributed by atoms with van der Waals surface area (Å²) in [5.74, 6) is -0.738. The van der Waals surface area contributed by atoms with E-state index >= 15 is 0 Å². The number of carbonyl (C=O) groups is 1. The summed E-state index contributed by atoms with van der Waals surface area (Å²) in [5, 5.41) is 19.2. The second-order valence-electron chi connectivity index (χ2n) is 7.27. The molecule has 0 aliphatic carbocycles. The van der Waals surface area contributed by atoms with E-state index in [9.17, 15) is 23.3 Å². The van der Waals surface area contributed by atoms with Gasteiger partial charge in [0.05, 0.1) is 11.3 Å². The molecule has 0 saturated carbocycles. The molecule has 1 saturated heterocycles. The number of nitrogens with one attached hydrogen (secondary N) is 1. The molecule has 2 N–H and O–H groups in total. The molecule has 0 radical (unpaired) electrons. The van der Waals surface area contributed by atoms with Crippen molar-refractivity contribution < 1.29 is 28.1 Å². The summed E-state index contributed by atoms with van der Waals surface area (Å²) in [4.78, 5) is 22.4. The lowest BCUT2D eigenvalue weighted by molar-refractivity contribution is -0.386. The zero-order valence-corrected chi connectivity index (χ0v) is 18.5. The van der Waals surface area contributed by atoms with Crippen molar-refractivity contribution in [1.82, 2.24) is 9.79 Å². The van der Waals surface area contributed by atoms with E-state index in [1.165, 1.54) is 28.0 Å². The van der Waals surface area contributed by atoms with Gasteiger partial charge in [-0.25, -0.2) is 18.2 Å². The SMILES string of the molecule is O=C(C[C@H](c1ccccc1)S(=O)(=O)N1CCC(Oc2ccc(Cl)cc2[N+](=O)[O-])CC1)NO. The number of halogens is 1. The molecule has 0 unspecified atom stereocenters. The van der Waals surface area contributed by atoms with Gasteiger partial charge in [0.15, 0.2) is 5.75 Å². The van der Waals surface area contributed by atoms with Crippen LogP contribution in [0.2, 0.25) is 5.02 Å². The number of ether oxygens (including phenoxy) is 1. The first kappa shape index (κ1) is 23.9. The molecule has 2 aromatic carbocycles. The number of amides is 1. The fourth-order valence-electron chi connectivity index (χ4n) is 3.57. The second kappa shape index (κ2) is 10.3. The molecule has 1 amide bonds. The number of hydrogen-bond donors (Lipinski definition) is 2. The van der Waals surface area contributed by atoms with Crippen LogP contribution in [0.25, 0.3) is 0 Å². The highest BCUT2D eigenvalue weighted by Gasteiger charge is 2.37. The number of piperidine rings is 1. The predicted molar refractivity (Wildman–Crippen MR) is 116 cm³/mol. The lowest BCUT2D eigenvalue weighted by Gasteiger charge is -2.33. The van der Waals surface area contributed by atoms with Gasteiger partial charge in [-0.3, -0.25) is 20.1 Å². The van der Waals surface area contributed by atoms with Crippen molar-refractivity contribution >= 4 is 33.2 Å². The third kappa shape index (κ3) is 5.54. The van der Waals surface area contributed by atoms with Crippen LogP contribution in [-0.2, 0) is 14.8 Å². The van der Waals surface area contributed by atoms with Crippen LogP contribution < -0.4 is 10.2 Å².